The first-order valence-corrected chi connectivity index (χ1v) is 7.73. The molecule has 0 rings (SSSR count). The lowest BCUT2D eigenvalue weighted by Gasteiger charge is -2.16. The number of carbonyl (C=O) groups excluding carboxylic acids is 1. The molecule has 0 aromatic heterocycles. The molecule has 0 aliphatic rings. The molecule has 126 valence electrons. The fourth-order valence-corrected chi connectivity index (χ4v) is 1.99. The second kappa shape index (κ2) is 12.2. The summed E-state index contributed by atoms with van der Waals surface area (Å²) in [5.74, 6) is 0. The monoisotopic (exact) mass is 326 g/mol. The molecule has 0 saturated carbocycles. The van der Waals surface area contributed by atoms with Crippen molar-refractivity contribution in [3.8, 4) is 0 Å². The van der Waals surface area contributed by atoms with Crippen molar-refractivity contribution in [3.63, 3.8) is 0 Å². The molecule has 0 amide bonds. The van der Waals surface area contributed by atoms with Crippen molar-refractivity contribution in [1.82, 2.24) is 0 Å². The van der Waals surface area contributed by atoms with Gasteiger partial charge in [0.15, 0.2) is 0 Å². The van der Waals surface area contributed by atoms with Gasteiger partial charge in [-0.2, -0.15) is 0 Å². The van der Waals surface area contributed by atoms with E-state index < -0.39 is 29.8 Å². The molecule has 0 aliphatic carbocycles. The molecular weight excluding hydrogens is 300 g/mol. The molecule has 0 aliphatic heterocycles. The maximum absolute atomic E-state index is 10.3. The Labute approximate surface area is 130 Å². The first kappa shape index (κ1) is 20.6. The van der Waals surface area contributed by atoms with Crippen LogP contribution in [-0.2, 0) is 4.74 Å². The molecular formula is C14H27ClO6. The van der Waals surface area contributed by atoms with Gasteiger partial charge in [-0.05, 0) is 45.4 Å². The topological polar surface area (TPSA) is 107 Å². The lowest BCUT2D eigenvalue weighted by molar-refractivity contribution is 0.0707. The quantitative estimate of drug-likeness (QED) is 0.405. The van der Waals surface area contributed by atoms with E-state index in [-0.39, 0.29) is 13.0 Å². The predicted octanol–water partition coefficient (Wildman–Crippen LogP) is 1.56. The molecule has 0 fully saturated rings. The molecule has 0 aromatic carbocycles. The van der Waals surface area contributed by atoms with Crippen molar-refractivity contribution in [2.45, 2.75) is 76.3 Å². The molecule has 0 heterocycles. The van der Waals surface area contributed by atoms with Gasteiger partial charge in [0.2, 0.25) is 0 Å². The number of aliphatic hydroxyl groups is 4. The standard InChI is InChI=1S/C14H27ClO6/c1-10(16)2-3-11(17)4-5-12(18)6-7-13(19)8-9-21-14(15)20/h10-13,16-19H,2-9H2,1H3. The van der Waals surface area contributed by atoms with Crippen LogP contribution in [0.15, 0.2) is 0 Å². The Kier molecular flexibility index (Phi) is 11.9. The summed E-state index contributed by atoms with van der Waals surface area (Å²) in [5.41, 5.74) is -0.895. The van der Waals surface area contributed by atoms with Crippen LogP contribution in [0.3, 0.4) is 0 Å². The van der Waals surface area contributed by atoms with E-state index in [9.17, 15) is 20.1 Å². The number of halogens is 1. The lowest BCUT2D eigenvalue weighted by Crippen LogP contribution is -2.18. The van der Waals surface area contributed by atoms with Crippen LogP contribution in [0.2, 0.25) is 0 Å². The Morgan fingerprint density at radius 1 is 0.857 bits per heavy atom. The van der Waals surface area contributed by atoms with Gasteiger partial charge in [-0.25, -0.2) is 4.79 Å². The zero-order valence-corrected chi connectivity index (χ0v) is 13.2. The SMILES string of the molecule is CC(O)CCC(O)CCC(O)CCC(O)CCOC(=O)Cl. The highest BCUT2D eigenvalue weighted by Crippen LogP contribution is 2.13. The van der Waals surface area contributed by atoms with Crippen LogP contribution < -0.4 is 0 Å². The number of hydrogen-bond donors (Lipinski definition) is 4. The Bertz CT molecular complexity index is 274. The van der Waals surface area contributed by atoms with Crippen LogP contribution in [0.25, 0.3) is 0 Å². The van der Waals surface area contributed by atoms with E-state index in [1.54, 1.807) is 6.92 Å². The summed E-state index contributed by atoms with van der Waals surface area (Å²) in [4.78, 5) is 10.3. The first-order chi connectivity index (χ1) is 9.81. The van der Waals surface area contributed by atoms with Crippen molar-refractivity contribution >= 4 is 17.0 Å². The van der Waals surface area contributed by atoms with Gasteiger partial charge in [0.05, 0.1) is 31.0 Å². The Balaban J connectivity index is 3.60. The molecule has 0 aromatic rings. The van der Waals surface area contributed by atoms with E-state index in [2.05, 4.69) is 4.74 Å². The van der Waals surface area contributed by atoms with Crippen LogP contribution in [0.5, 0.6) is 0 Å². The van der Waals surface area contributed by atoms with Gasteiger partial charge in [0.25, 0.3) is 0 Å². The first-order valence-electron chi connectivity index (χ1n) is 7.35. The average molecular weight is 327 g/mol. The maximum Gasteiger partial charge on any atom is 0.403 e. The molecule has 0 saturated heterocycles. The highest BCUT2D eigenvalue weighted by molar-refractivity contribution is 6.61. The van der Waals surface area contributed by atoms with Crippen LogP contribution in [-0.4, -0.2) is 56.9 Å². The molecule has 4 N–H and O–H groups in total. The summed E-state index contributed by atoms with van der Waals surface area (Å²) >= 11 is 4.98. The summed E-state index contributed by atoms with van der Waals surface area (Å²) in [7, 11) is 0. The van der Waals surface area contributed by atoms with Crippen molar-refractivity contribution in [3.05, 3.63) is 0 Å². The Hall–Kier alpha value is -0.400. The van der Waals surface area contributed by atoms with Gasteiger partial charge >= 0.3 is 5.43 Å². The van der Waals surface area contributed by atoms with Gasteiger partial charge < -0.3 is 25.2 Å². The largest absolute Gasteiger partial charge is 0.454 e. The number of carbonyl (C=O) groups is 1. The summed E-state index contributed by atoms with van der Waals surface area (Å²) in [6, 6.07) is 0. The van der Waals surface area contributed by atoms with Crippen molar-refractivity contribution in [1.29, 1.82) is 0 Å². The molecule has 0 spiro atoms. The summed E-state index contributed by atoms with van der Waals surface area (Å²) in [6.07, 6.45) is 0.854. The predicted molar refractivity (Wildman–Crippen MR) is 79.2 cm³/mol. The van der Waals surface area contributed by atoms with Gasteiger partial charge in [-0.15, -0.1) is 0 Å². The van der Waals surface area contributed by atoms with Crippen molar-refractivity contribution in [2.75, 3.05) is 6.61 Å². The van der Waals surface area contributed by atoms with Crippen LogP contribution in [0.4, 0.5) is 4.79 Å². The number of ether oxygens (including phenoxy) is 1. The fraction of sp³-hybridized carbons (Fsp3) is 0.929. The van der Waals surface area contributed by atoms with Crippen molar-refractivity contribution in [2.24, 2.45) is 0 Å². The third-order valence-corrected chi connectivity index (χ3v) is 3.36. The molecule has 4 atom stereocenters. The number of aliphatic hydroxyl groups excluding tert-OH is 4. The van der Waals surface area contributed by atoms with Gasteiger partial charge in [-0.3, -0.25) is 0 Å². The lowest BCUT2D eigenvalue weighted by atomic mass is 10.0. The van der Waals surface area contributed by atoms with E-state index >= 15 is 0 Å². The Morgan fingerprint density at radius 3 is 1.62 bits per heavy atom. The van der Waals surface area contributed by atoms with Crippen LogP contribution in [0, 0.1) is 0 Å². The smallest absolute Gasteiger partial charge is 0.403 e. The number of rotatable bonds is 12. The van der Waals surface area contributed by atoms with E-state index in [0.717, 1.165) is 0 Å². The van der Waals surface area contributed by atoms with Crippen molar-refractivity contribution < 1.29 is 30.0 Å². The summed E-state index contributed by atoms with van der Waals surface area (Å²) in [5, 5.41) is 38.1. The van der Waals surface area contributed by atoms with E-state index in [1.165, 1.54) is 0 Å². The third kappa shape index (κ3) is 14.3. The molecule has 21 heavy (non-hydrogen) atoms. The summed E-state index contributed by atoms with van der Waals surface area (Å²) < 4.78 is 4.49. The van der Waals surface area contributed by atoms with Crippen LogP contribution >= 0.6 is 11.6 Å². The van der Waals surface area contributed by atoms with Gasteiger partial charge in [0, 0.05) is 18.0 Å². The third-order valence-electron chi connectivity index (χ3n) is 3.25. The highest BCUT2D eigenvalue weighted by atomic mass is 35.5. The zero-order valence-electron chi connectivity index (χ0n) is 12.4. The fourth-order valence-electron chi connectivity index (χ4n) is 1.91. The Morgan fingerprint density at radius 2 is 1.24 bits per heavy atom. The van der Waals surface area contributed by atoms with E-state index in [1.807, 2.05) is 0 Å². The maximum atomic E-state index is 10.3. The molecule has 4 unspecified atom stereocenters. The number of hydrogen-bond acceptors (Lipinski definition) is 6. The average Bonchev–Trinajstić information content (AvgIpc) is 2.40. The summed E-state index contributed by atoms with van der Waals surface area (Å²) in [6.45, 7) is 1.72. The van der Waals surface area contributed by atoms with Crippen LogP contribution in [0.1, 0.15) is 51.9 Å². The minimum atomic E-state index is -0.895. The van der Waals surface area contributed by atoms with Gasteiger partial charge in [0.1, 0.15) is 0 Å². The normalized spacial score (nSPS) is 17.0. The van der Waals surface area contributed by atoms with E-state index in [0.29, 0.717) is 38.5 Å². The zero-order chi connectivity index (χ0) is 16.3. The molecule has 7 heteroatoms. The minimum Gasteiger partial charge on any atom is -0.454 e. The van der Waals surface area contributed by atoms with E-state index in [4.69, 9.17) is 16.7 Å². The van der Waals surface area contributed by atoms with Gasteiger partial charge in [-0.1, -0.05) is 0 Å². The second-order valence-corrected chi connectivity index (χ2v) is 5.73. The highest BCUT2D eigenvalue weighted by Gasteiger charge is 2.13. The molecule has 6 nitrogen and oxygen atoms in total. The minimum absolute atomic E-state index is 0.0532. The molecule has 0 bridgehead atoms. The molecule has 0 radical (unpaired) electrons. The second-order valence-electron chi connectivity index (χ2n) is 5.42.